The van der Waals surface area contributed by atoms with Crippen LogP contribution >= 0.6 is 69.6 Å². The molecule has 0 bridgehead atoms. The number of amides is 3. The molecule has 12 N–H and O–H groups in total. The number of carboxylic acids is 1. The largest absolute Gasteiger partial charge is 0.508 e. The van der Waals surface area contributed by atoms with Gasteiger partial charge in [-0.2, -0.15) is 0 Å². The van der Waals surface area contributed by atoms with Crippen molar-refractivity contribution < 1.29 is 63.0 Å². The molecule has 3 aromatic heterocycles. The van der Waals surface area contributed by atoms with Gasteiger partial charge in [-0.05, 0) is 126 Å². The summed E-state index contributed by atoms with van der Waals surface area (Å²) in [6.45, 7) is 2.55. The number of phenols is 1. The number of esters is 2. The van der Waals surface area contributed by atoms with Gasteiger partial charge in [-0.1, -0.05) is 161 Å². The molecule has 12 aromatic rings. The van der Waals surface area contributed by atoms with Crippen LogP contribution in [-0.4, -0.2) is 153 Å². The number of aliphatic carboxylic acids is 1. The molecule has 9 aromatic carbocycles. The molecular weight excluding hydrogens is 1510 g/mol. The molecule has 3 atom stereocenters. The lowest BCUT2D eigenvalue weighted by atomic mass is 10.0. The molecule has 108 heavy (non-hydrogen) atoms. The minimum atomic E-state index is -1.17. The summed E-state index contributed by atoms with van der Waals surface area (Å²) in [5.74, 6) is -0.639. The number of nitrogens with zero attached hydrogens (tertiary/aromatic N) is 3. The summed E-state index contributed by atoms with van der Waals surface area (Å²) < 4.78 is 21.1. The van der Waals surface area contributed by atoms with E-state index >= 15 is 0 Å². The van der Waals surface area contributed by atoms with E-state index in [1.165, 1.54) is 50.6 Å². The number of phenolic OH excluding ortho intramolecular Hbond substituents is 1. The predicted molar refractivity (Wildman–Crippen MR) is 419 cm³/mol. The fraction of sp³-hybridized carbons (Fsp3) is 0.182. The molecule has 0 aliphatic carbocycles. The number of nitrogens with one attached hydrogen (secondary N) is 9. The van der Waals surface area contributed by atoms with Crippen LogP contribution < -0.4 is 41.4 Å². The van der Waals surface area contributed by atoms with Gasteiger partial charge in [0.15, 0.2) is 0 Å². The maximum absolute atomic E-state index is 12.7. The molecule has 0 saturated carbocycles. The monoisotopic (exact) mass is 1580 g/mol. The number of carbonyl (C=O) groups is 6. The molecule has 0 spiro atoms. The molecule has 0 saturated heterocycles. The molecule has 12 rings (SSSR count). The lowest BCUT2D eigenvalue weighted by Gasteiger charge is -2.18. The Morgan fingerprint density at radius 3 is 1.00 bits per heavy atom. The minimum Gasteiger partial charge on any atom is -0.508 e. The summed E-state index contributed by atoms with van der Waals surface area (Å²) in [5.41, 5.74) is 8.16. The first-order chi connectivity index (χ1) is 52.2. The number of fused-ring (bicyclic) bond motifs is 3. The van der Waals surface area contributed by atoms with Crippen molar-refractivity contribution in [3.63, 3.8) is 0 Å². The Morgan fingerprint density at radius 1 is 0.398 bits per heavy atom. The summed E-state index contributed by atoms with van der Waals surface area (Å²) in [7, 11) is 2.50. The van der Waals surface area contributed by atoms with E-state index in [2.05, 4.69) is 61.8 Å². The van der Waals surface area contributed by atoms with Gasteiger partial charge in [-0.15, -0.1) is 0 Å². The van der Waals surface area contributed by atoms with Crippen molar-refractivity contribution in [1.29, 1.82) is 0 Å². The lowest BCUT2D eigenvalue weighted by molar-refractivity contribution is -0.143. The first-order valence-corrected chi connectivity index (χ1v) is 35.4. The number of rotatable bonds is 28. The maximum Gasteiger partial charge on any atom is 0.328 e. The third-order valence-corrected chi connectivity index (χ3v) is 17.6. The van der Waals surface area contributed by atoms with Crippen molar-refractivity contribution in [1.82, 2.24) is 45.9 Å². The molecule has 25 nitrogen and oxygen atoms in total. The number of aromatic amines is 3. The highest BCUT2D eigenvalue weighted by molar-refractivity contribution is 6.41. The zero-order valence-corrected chi connectivity index (χ0v) is 62.2. The summed E-state index contributed by atoms with van der Waals surface area (Å²) in [6.07, 6.45) is 0.492. The van der Waals surface area contributed by atoms with E-state index < -0.39 is 53.8 Å². The number of aromatic nitrogens is 6. The third kappa shape index (κ3) is 23.6. The molecule has 560 valence electrons. The van der Waals surface area contributed by atoms with Gasteiger partial charge in [0, 0.05) is 25.8 Å². The molecule has 0 aliphatic heterocycles. The second kappa shape index (κ2) is 40.4. The van der Waals surface area contributed by atoms with E-state index in [9.17, 15) is 39.0 Å². The van der Waals surface area contributed by atoms with Crippen LogP contribution in [0.5, 0.6) is 17.2 Å². The number of aliphatic hydroxyl groups is 1. The fourth-order valence-corrected chi connectivity index (χ4v) is 12.2. The Balaban J connectivity index is 0.000000175. The molecule has 0 aliphatic rings. The zero-order chi connectivity index (χ0) is 77.1. The molecule has 0 unspecified atom stereocenters. The van der Waals surface area contributed by atoms with Crippen LogP contribution in [0.1, 0.15) is 47.8 Å². The highest BCUT2D eigenvalue weighted by atomic mass is 35.5. The molecule has 3 amide bonds. The van der Waals surface area contributed by atoms with Crippen LogP contribution in [0.2, 0.25) is 30.1 Å². The molecule has 0 radical (unpaired) electrons. The third-order valence-electron chi connectivity index (χ3n) is 15.8. The number of imidazole rings is 3. The Morgan fingerprint density at radius 2 is 0.694 bits per heavy atom. The van der Waals surface area contributed by atoms with Crippen molar-refractivity contribution in [3.8, 4) is 17.2 Å². The van der Waals surface area contributed by atoms with Crippen LogP contribution in [0.25, 0.3) is 33.1 Å². The first kappa shape index (κ1) is 80.8. The van der Waals surface area contributed by atoms with Gasteiger partial charge in [0.25, 0.3) is 17.7 Å². The number of halogens is 6. The molecule has 0 fully saturated rings. The smallest absolute Gasteiger partial charge is 0.328 e. The number of para-hydroxylation sites is 6. The Labute approximate surface area is 648 Å². The first-order valence-electron chi connectivity index (χ1n) is 33.2. The Hall–Kier alpha value is -11.3. The van der Waals surface area contributed by atoms with E-state index in [1.807, 2.05) is 84.9 Å². The number of benzene rings is 9. The highest BCUT2D eigenvalue weighted by Crippen LogP contribution is 2.28. The quantitative estimate of drug-likeness (QED) is 0.0160. The number of aliphatic hydroxyl groups excluding tert-OH is 1. The van der Waals surface area contributed by atoms with Gasteiger partial charge >= 0.3 is 17.9 Å². The molecule has 31 heteroatoms. The number of carbonyl (C=O) groups excluding carboxylic acids is 5. The van der Waals surface area contributed by atoms with Crippen LogP contribution in [0.3, 0.4) is 0 Å². The Kier molecular flexibility index (Phi) is 30.3. The van der Waals surface area contributed by atoms with Crippen molar-refractivity contribution in [2.45, 2.75) is 37.4 Å². The van der Waals surface area contributed by atoms with Crippen molar-refractivity contribution in [2.24, 2.45) is 0 Å². The second-order valence-electron chi connectivity index (χ2n) is 23.3. The number of methoxy groups -OCH3 is 2. The summed E-state index contributed by atoms with van der Waals surface area (Å²) >= 11 is 36.4. The number of hydrogen-bond acceptors (Lipinski definition) is 18. The normalized spacial score (nSPS) is 11.5. The molecular formula is C77H72Cl6N12O13. The van der Waals surface area contributed by atoms with E-state index in [1.54, 1.807) is 78.9 Å². The second-order valence-corrected chi connectivity index (χ2v) is 25.8. The van der Waals surface area contributed by atoms with E-state index in [0.29, 0.717) is 62.2 Å². The number of carboxylic acid groups (broad SMARTS) is 1. The van der Waals surface area contributed by atoms with Crippen molar-refractivity contribution in [2.75, 3.05) is 69.6 Å². The van der Waals surface area contributed by atoms with Crippen LogP contribution in [0, 0.1) is 0 Å². The van der Waals surface area contributed by atoms with Gasteiger partial charge in [-0.3, -0.25) is 14.4 Å². The lowest BCUT2D eigenvalue weighted by Crippen LogP contribution is -2.43. The SMILES string of the molecule is COC(=O)[C@H](Cc1ccc(O)cc1)NC(=O)c1c(Cl)cccc1Cl.COC(=O)[C@H](Cc1ccc(OCCNc2nc3ccccc3[nH]2)cc1)NC(=O)c1c(Cl)cccc1Cl.O=C(N[C@@H](Cc1ccc(OCCNc2nc3ccccc3[nH]2)cc1)C(=O)O)c1c(Cl)cccc1Cl.OCCNc1nc2ccccc2[nH]1. The predicted octanol–water partition coefficient (Wildman–Crippen LogP) is 13.8. The minimum absolute atomic E-state index is 0.0436. The van der Waals surface area contributed by atoms with Gasteiger partial charge in [-0.25, -0.2) is 29.3 Å². The average Bonchev–Trinajstić information content (AvgIpc) is 1.83. The highest BCUT2D eigenvalue weighted by Gasteiger charge is 2.28. The number of hydrogen-bond donors (Lipinski definition) is 12. The standard InChI is InChI=1S/C26H24Cl2N4O4.C25H22Cl2N4O4.C17H15Cl2NO4.C9H11N3O/c1-35-25(34)22(30-24(33)23-18(27)5-4-6-19(23)28)15-16-9-11-17(12-10-16)36-14-13-29-26-31-20-7-2-3-8-21(20)32-26;26-17-4-3-5-18(27)22(17)23(32)29-21(24(33)34)14-15-8-10-16(11-9-15)35-13-12-28-25-30-19-6-1-2-7-20(19)31-25;1-24-17(23)14(9-10-5-7-11(21)8-6-10)20-16(22)15-12(18)3-2-4-13(15)19;13-6-5-10-9-11-7-3-1-2-4-8(7)12-9/h2-12,22H,13-15H2,1H3,(H,30,33)(H2,29,31,32);1-11,21H,12-14H2,(H,29,32)(H,33,34)(H2,28,30,31);2-8,14,21H,9H2,1H3,(H,20,22);1-4,13H,5-6H2,(H2,10,11,12)/t22-;21-;14-;/m000./s1. The zero-order valence-electron chi connectivity index (χ0n) is 57.7. The maximum atomic E-state index is 12.7. The van der Waals surface area contributed by atoms with Crippen LogP contribution in [0.15, 0.2) is 200 Å². The van der Waals surface area contributed by atoms with E-state index in [0.717, 1.165) is 49.8 Å². The summed E-state index contributed by atoms with van der Waals surface area (Å²) in [5, 5.41) is 45.6. The van der Waals surface area contributed by atoms with Gasteiger partial charge in [0.1, 0.15) is 48.6 Å². The number of H-pyrrole nitrogens is 3. The summed E-state index contributed by atoms with van der Waals surface area (Å²) in [6, 6.07) is 55.0. The number of anilines is 3. The average molecular weight is 1590 g/mol. The van der Waals surface area contributed by atoms with Crippen LogP contribution in [-0.2, 0) is 43.1 Å². The van der Waals surface area contributed by atoms with Crippen molar-refractivity contribution in [3.05, 3.63) is 264 Å². The Bertz CT molecular complexity index is 4870. The van der Waals surface area contributed by atoms with Gasteiger partial charge in [0.05, 0.1) is 114 Å². The molecule has 3 heterocycles. The van der Waals surface area contributed by atoms with E-state index in [-0.39, 0.29) is 78.4 Å². The van der Waals surface area contributed by atoms with Gasteiger partial charge in [0.2, 0.25) is 17.8 Å². The van der Waals surface area contributed by atoms with Crippen LogP contribution in [0.4, 0.5) is 17.8 Å². The fourth-order valence-electron chi connectivity index (χ4n) is 10.4. The summed E-state index contributed by atoms with van der Waals surface area (Å²) in [4.78, 5) is 96.4. The topological polar surface area (TPSA) is 358 Å². The van der Waals surface area contributed by atoms with E-state index in [4.69, 9.17) is 93.7 Å². The van der Waals surface area contributed by atoms with Crippen molar-refractivity contribution >= 4 is 156 Å². The number of ether oxygens (including phenoxy) is 4. The van der Waals surface area contributed by atoms with Gasteiger partial charge < -0.3 is 81.1 Å². The number of aromatic hydroxyl groups is 1.